The van der Waals surface area contributed by atoms with Crippen LogP contribution in [0.2, 0.25) is 0 Å². The molecule has 2 N–H and O–H groups in total. The summed E-state index contributed by atoms with van der Waals surface area (Å²) in [5, 5.41) is 6.61. The van der Waals surface area contributed by atoms with Gasteiger partial charge in [-0.25, -0.2) is 0 Å². The zero-order valence-electron chi connectivity index (χ0n) is 15.3. The van der Waals surface area contributed by atoms with Gasteiger partial charge in [-0.15, -0.1) is 0 Å². The van der Waals surface area contributed by atoms with Crippen LogP contribution in [-0.4, -0.2) is 74.1 Å². The first-order valence-corrected chi connectivity index (χ1v) is 9.54. The molecule has 5 nitrogen and oxygen atoms in total. The highest BCUT2D eigenvalue weighted by molar-refractivity contribution is 5.76. The number of piperazine rings is 1. The Bertz CT molecular complexity index is 349. The van der Waals surface area contributed by atoms with Gasteiger partial charge in [0.1, 0.15) is 0 Å². The van der Waals surface area contributed by atoms with Gasteiger partial charge in [0, 0.05) is 45.2 Å². The second-order valence-electron chi connectivity index (χ2n) is 7.41. The second kappa shape index (κ2) is 9.60. The van der Waals surface area contributed by atoms with Crippen LogP contribution in [0.4, 0.5) is 0 Å². The van der Waals surface area contributed by atoms with E-state index in [-0.39, 0.29) is 5.91 Å². The Kier molecular flexibility index (Phi) is 7.80. The number of piperidine rings is 1. The van der Waals surface area contributed by atoms with Crippen LogP contribution in [0.5, 0.6) is 0 Å². The maximum atomic E-state index is 12.2. The monoisotopic (exact) mass is 324 g/mol. The molecule has 2 heterocycles. The smallest absolute Gasteiger partial charge is 0.220 e. The van der Waals surface area contributed by atoms with E-state index >= 15 is 0 Å². The van der Waals surface area contributed by atoms with E-state index in [0.29, 0.717) is 24.3 Å². The summed E-state index contributed by atoms with van der Waals surface area (Å²) in [7, 11) is 0. The van der Waals surface area contributed by atoms with E-state index in [4.69, 9.17) is 0 Å². The molecule has 1 amide bonds. The first-order valence-electron chi connectivity index (χ1n) is 9.54. The number of hydrogen-bond acceptors (Lipinski definition) is 4. The molecule has 3 atom stereocenters. The van der Waals surface area contributed by atoms with Crippen LogP contribution in [-0.2, 0) is 4.79 Å². The lowest BCUT2D eigenvalue weighted by Gasteiger charge is -2.37. The highest BCUT2D eigenvalue weighted by Crippen LogP contribution is 2.22. The molecule has 0 saturated carbocycles. The van der Waals surface area contributed by atoms with E-state index in [1.165, 1.54) is 12.8 Å². The Hall–Kier alpha value is -0.650. The van der Waals surface area contributed by atoms with Crippen molar-refractivity contribution in [3.63, 3.8) is 0 Å². The lowest BCUT2D eigenvalue weighted by molar-refractivity contribution is -0.122. The SMILES string of the molecule is CCN1CCN(C(C)CNC(=O)CC(C)C2CCCNC2)CC1. The fraction of sp³-hybridized carbons (Fsp3) is 0.944. The molecule has 2 aliphatic rings. The maximum absolute atomic E-state index is 12.2. The number of carbonyl (C=O) groups is 1. The summed E-state index contributed by atoms with van der Waals surface area (Å²) in [4.78, 5) is 17.2. The van der Waals surface area contributed by atoms with Crippen LogP contribution < -0.4 is 10.6 Å². The number of hydrogen-bond donors (Lipinski definition) is 2. The van der Waals surface area contributed by atoms with E-state index < -0.39 is 0 Å². The van der Waals surface area contributed by atoms with Crippen molar-refractivity contribution in [1.29, 1.82) is 0 Å². The van der Waals surface area contributed by atoms with Gasteiger partial charge in [-0.05, 0) is 51.2 Å². The van der Waals surface area contributed by atoms with Crippen LogP contribution >= 0.6 is 0 Å². The van der Waals surface area contributed by atoms with Crippen molar-refractivity contribution in [3.8, 4) is 0 Å². The minimum atomic E-state index is 0.224. The third kappa shape index (κ3) is 6.05. The number of rotatable bonds is 7. The normalized spacial score (nSPS) is 26.7. The molecule has 2 saturated heterocycles. The highest BCUT2D eigenvalue weighted by Gasteiger charge is 2.23. The topological polar surface area (TPSA) is 47.6 Å². The Morgan fingerprint density at radius 2 is 2.00 bits per heavy atom. The molecule has 0 aromatic heterocycles. The summed E-state index contributed by atoms with van der Waals surface area (Å²) in [6.07, 6.45) is 3.18. The van der Waals surface area contributed by atoms with Gasteiger partial charge in [0.05, 0.1) is 0 Å². The van der Waals surface area contributed by atoms with Gasteiger partial charge in [0.15, 0.2) is 0 Å². The largest absolute Gasteiger partial charge is 0.355 e. The minimum Gasteiger partial charge on any atom is -0.355 e. The highest BCUT2D eigenvalue weighted by atomic mass is 16.1. The van der Waals surface area contributed by atoms with Crippen LogP contribution in [0, 0.1) is 11.8 Å². The maximum Gasteiger partial charge on any atom is 0.220 e. The molecule has 0 aromatic rings. The van der Waals surface area contributed by atoms with E-state index in [1.807, 2.05) is 0 Å². The lowest BCUT2D eigenvalue weighted by Crippen LogP contribution is -2.52. The van der Waals surface area contributed by atoms with Gasteiger partial charge < -0.3 is 15.5 Å². The minimum absolute atomic E-state index is 0.224. The fourth-order valence-corrected chi connectivity index (χ4v) is 3.81. The summed E-state index contributed by atoms with van der Waals surface area (Å²) in [6.45, 7) is 15.4. The van der Waals surface area contributed by atoms with Crippen LogP contribution in [0.25, 0.3) is 0 Å². The molecule has 2 rings (SSSR count). The van der Waals surface area contributed by atoms with Gasteiger partial charge >= 0.3 is 0 Å². The average Bonchev–Trinajstić information content (AvgIpc) is 2.60. The third-order valence-electron chi connectivity index (χ3n) is 5.72. The van der Waals surface area contributed by atoms with Crippen molar-refractivity contribution < 1.29 is 4.79 Å². The van der Waals surface area contributed by atoms with Crippen molar-refractivity contribution in [3.05, 3.63) is 0 Å². The van der Waals surface area contributed by atoms with Crippen LogP contribution in [0.3, 0.4) is 0 Å². The van der Waals surface area contributed by atoms with Gasteiger partial charge in [-0.2, -0.15) is 0 Å². The summed E-state index contributed by atoms with van der Waals surface area (Å²) in [6, 6.07) is 0.435. The van der Waals surface area contributed by atoms with Crippen LogP contribution in [0.1, 0.15) is 40.0 Å². The number of likely N-dealkylation sites (N-methyl/N-ethyl adjacent to an activating group) is 1. The molecular formula is C18H36N4O. The summed E-state index contributed by atoms with van der Waals surface area (Å²) < 4.78 is 0. The Labute approximate surface area is 142 Å². The fourth-order valence-electron chi connectivity index (χ4n) is 3.81. The predicted octanol–water partition coefficient (Wildman–Crippen LogP) is 1.15. The van der Waals surface area contributed by atoms with E-state index in [1.54, 1.807) is 0 Å². The molecule has 134 valence electrons. The number of amides is 1. The van der Waals surface area contributed by atoms with E-state index in [0.717, 1.165) is 52.4 Å². The molecule has 2 fully saturated rings. The van der Waals surface area contributed by atoms with Crippen molar-refractivity contribution >= 4 is 5.91 Å². The van der Waals surface area contributed by atoms with E-state index in [2.05, 4.69) is 41.2 Å². The molecule has 3 unspecified atom stereocenters. The quantitative estimate of drug-likeness (QED) is 0.738. The third-order valence-corrected chi connectivity index (χ3v) is 5.72. The Morgan fingerprint density at radius 1 is 1.26 bits per heavy atom. The molecule has 0 radical (unpaired) electrons. The summed E-state index contributed by atoms with van der Waals surface area (Å²) in [5.41, 5.74) is 0. The van der Waals surface area contributed by atoms with E-state index in [9.17, 15) is 4.79 Å². The second-order valence-corrected chi connectivity index (χ2v) is 7.41. The summed E-state index contributed by atoms with van der Waals surface area (Å²) >= 11 is 0. The number of nitrogens with one attached hydrogen (secondary N) is 2. The molecule has 0 bridgehead atoms. The van der Waals surface area contributed by atoms with Gasteiger partial charge in [0.25, 0.3) is 0 Å². The van der Waals surface area contributed by atoms with Crippen molar-refractivity contribution in [2.75, 3.05) is 52.4 Å². The molecule has 2 aliphatic heterocycles. The standard InChI is InChI=1S/C18H36N4O/c1-4-21-8-10-22(11-9-21)16(3)13-20-18(23)12-15(2)17-6-5-7-19-14-17/h15-17,19H,4-14H2,1-3H3,(H,20,23). The zero-order chi connectivity index (χ0) is 16.7. The van der Waals surface area contributed by atoms with Crippen molar-refractivity contribution in [2.24, 2.45) is 11.8 Å². The summed E-state index contributed by atoms with van der Waals surface area (Å²) in [5.74, 6) is 1.36. The predicted molar refractivity (Wildman–Crippen MR) is 95.5 cm³/mol. The first-order chi connectivity index (χ1) is 11.1. The molecule has 23 heavy (non-hydrogen) atoms. The van der Waals surface area contributed by atoms with Gasteiger partial charge in [-0.1, -0.05) is 13.8 Å². The van der Waals surface area contributed by atoms with Gasteiger partial charge in [0.2, 0.25) is 5.91 Å². The first kappa shape index (κ1) is 18.7. The van der Waals surface area contributed by atoms with Crippen molar-refractivity contribution in [2.45, 2.75) is 46.1 Å². The van der Waals surface area contributed by atoms with Gasteiger partial charge in [-0.3, -0.25) is 9.69 Å². The number of nitrogens with zero attached hydrogens (tertiary/aromatic N) is 2. The lowest BCUT2D eigenvalue weighted by atomic mass is 9.85. The van der Waals surface area contributed by atoms with Crippen molar-refractivity contribution in [1.82, 2.24) is 20.4 Å². The molecular weight excluding hydrogens is 288 g/mol. The molecule has 0 spiro atoms. The average molecular weight is 325 g/mol. The Balaban J connectivity index is 1.63. The van der Waals surface area contributed by atoms with Crippen LogP contribution in [0.15, 0.2) is 0 Å². The molecule has 0 aliphatic carbocycles. The molecule has 5 heteroatoms. The number of carbonyl (C=O) groups excluding carboxylic acids is 1. The Morgan fingerprint density at radius 3 is 2.61 bits per heavy atom. The zero-order valence-corrected chi connectivity index (χ0v) is 15.3. The molecule has 0 aromatic carbocycles.